The normalized spacial score (nSPS) is 11.5. The number of aromatic nitrogens is 4. The highest BCUT2D eigenvalue weighted by atomic mass is 32.1. The van der Waals surface area contributed by atoms with Gasteiger partial charge in [0, 0.05) is 42.4 Å². The molecule has 10 rings (SSSR count). The first-order valence-corrected chi connectivity index (χ1v) is 18.8. The molecule has 0 spiro atoms. The van der Waals surface area contributed by atoms with E-state index in [1.165, 1.54) is 24.9 Å². The van der Waals surface area contributed by atoms with Crippen molar-refractivity contribution in [2.24, 2.45) is 0 Å². The summed E-state index contributed by atoms with van der Waals surface area (Å²) < 4.78 is 3.69. The van der Waals surface area contributed by atoms with Crippen LogP contribution in [0.2, 0.25) is 0 Å². The highest BCUT2D eigenvalue weighted by Crippen LogP contribution is 2.45. The third kappa shape index (κ3) is 5.46. The molecule has 0 saturated carbocycles. The predicted octanol–water partition coefficient (Wildman–Crippen LogP) is 12.9. The SMILES string of the molecule is c1ccc(-c2cccc(-c3nc(-c4ccccc4)nc(-c4ccccc4-c4cccc5sc6cc7sc(-c8ccccc8)nc7cc6c45)n3)c2)cc1. The summed E-state index contributed by atoms with van der Waals surface area (Å²) in [6, 6.07) is 59.1. The number of thiophene rings is 1. The Morgan fingerprint density at radius 1 is 0.327 bits per heavy atom. The van der Waals surface area contributed by atoms with Crippen molar-refractivity contribution in [3.8, 4) is 67.0 Å². The summed E-state index contributed by atoms with van der Waals surface area (Å²) >= 11 is 3.58. The van der Waals surface area contributed by atoms with Crippen molar-refractivity contribution < 1.29 is 0 Å². The molecule has 3 heterocycles. The van der Waals surface area contributed by atoms with Crippen molar-refractivity contribution in [2.75, 3.05) is 0 Å². The fraction of sp³-hybridized carbons (Fsp3) is 0. The Morgan fingerprint density at radius 3 is 1.67 bits per heavy atom. The number of nitrogens with zero attached hydrogens (tertiary/aromatic N) is 4. The van der Waals surface area contributed by atoms with Crippen LogP contribution < -0.4 is 0 Å². The summed E-state index contributed by atoms with van der Waals surface area (Å²) in [7, 11) is 0. The minimum absolute atomic E-state index is 0.635. The second kappa shape index (κ2) is 12.8. The Bertz CT molecular complexity index is 2900. The van der Waals surface area contributed by atoms with Gasteiger partial charge >= 0.3 is 0 Å². The quantitative estimate of drug-likeness (QED) is 0.173. The highest BCUT2D eigenvalue weighted by molar-refractivity contribution is 7.26. The number of hydrogen-bond donors (Lipinski definition) is 0. The van der Waals surface area contributed by atoms with Crippen LogP contribution in [-0.2, 0) is 0 Å². The van der Waals surface area contributed by atoms with Crippen molar-refractivity contribution in [3.05, 3.63) is 170 Å². The zero-order valence-electron chi connectivity index (χ0n) is 27.8. The van der Waals surface area contributed by atoms with Crippen LogP contribution in [0.25, 0.3) is 97.4 Å². The van der Waals surface area contributed by atoms with E-state index < -0.39 is 0 Å². The molecule has 0 amide bonds. The Kier molecular flexibility index (Phi) is 7.48. The van der Waals surface area contributed by atoms with Gasteiger partial charge in [0.05, 0.1) is 10.2 Å². The molecule has 10 aromatic rings. The van der Waals surface area contributed by atoms with Crippen LogP contribution >= 0.6 is 22.7 Å². The standard InChI is InChI=1S/C46H28N4S2/c1-4-14-29(15-5-1)32-20-12-21-33(26-32)44-48-43(30-16-6-2-7-17-30)49-45(50-44)36-23-11-10-22-34(36)35-24-13-25-39-42(35)37-27-38-41(28-40(37)51-39)52-46(47-38)31-18-8-3-9-19-31/h1-28H. The van der Waals surface area contributed by atoms with Gasteiger partial charge in [-0.2, -0.15) is 0 Å². The molecule has 4 nitrogen and oxygen atoms in total. The molecular formula is C46H28N4S2. The van der Waals surface area contributed by atoms with Gasteiger partial charge in [-0.25, -0.2) is 19.9 Å². The van der Waals surface area contributed by atoms with Gasteiger partial charge in [0.2, 0.25) is 0 Å². The first-order valence-electron chi connectivity index (χ1n) is 17.1. The molecule has 0 bridgehead atoms. The fourth-order valence-electron chi connectivity index (χ4n) is 6.90. The van der Waals surface area contributed by atoms with Crippen LogP contribution in [0.1, 0.15) is 0 Å². The van der Waals surface area contributed by atoms with Gasteiger partial charge in [-0.15, -0.1) is 22.7 Å². The lowest BCUT2D eigenvalue weighted by molar-refractivity contribution is 1.07. The van der Waals surface area contributed by atoms with E-state index in [-0.39, 0.29) is 0 Å². The van der Waals surface area contributed by atoms with Crippen molar-refractivity contribution in [2.45, 2.75) is 0 Å². The van der Waals surface area contributed by atoms with Crippen LogP contribution in [0.4, 0.5) is 0 Å². The second-order valence-electron chi connectivity index (χ2n) is 12.6. The third-order valence-corrected chi connectivity index (χ3v) is 11.6. The molecule has 0 saturated heterocycles. The largest absolute Gasteiger partial charge is 0.236 e. The summed E-state index contributed by atoms with van der Waals surface area (Å²) in [5.74, 6) is 1.91. The maximum absolute atomic E-state index is 5.19. The Hall–Kier alpha value is -6.34. The monoisotopic (exact) mass is 700 g/mol. The van der Waals surface area contributed by atoms with E-state index in [2.05, 4.69) is 140 Å². The molecule has 0 N–H and O–H groups in total. The van der Waals surface area contributed by atoms with Crippen molar-refractivity contribution in [1.29, 1.82) is 0 Å². The Balaban J connectivity index is 1.15. The van der Waals surface area contributed by atoms with E-state index in [1.807, 2.05) is 41.7 Å². The van der Waals surface area contributed by atoms with Gasteiger partial charge in [-0.3, -0.25) is 0 Å². The smallest absolute Gasteiger partial charge is 0.164 e. The molecule has 0 radical (unpaired) electrons. The lowest BCUT2D eigenvalue weighted by Gasteiger charge is -2.13. The van der Waals surface area contributed by atoms with Gasteiger partial charge in [-0.05, 0) is 46.5 Å². The molecule has 7 aromatic carbocycles. The molecular weight excluding hydrogens is 673 g/mol. The molecule has 0 atom stereocenters. The molecule has 6 heteroatoms. The van der Waals surface area contributed by atoms with Crippen molar-refractivity contribution >= 4 is 53.1 Å². The van der Waals surface area contributed by atoms with Crippen LogP contribution in [0.3, 0.4) is 0 Å². The van der Waals surface area contributed by atoms with E-state index in [0.717, 1.165) is 55.0 Å². The van der Waals surface area contributed by atoms with E-state index in [1.54, 1.807) is 11.3 Å². The second-order valence-corrected chi connectivity index (χ2v) is 14.8. The van der Waals surface area contributed by atoms with E-state index in [4.69, 9.17) is 19.9 Å². The van der Waals surface area contributed by atoms with Gasteiger partial charge in [0.1, 0.15) is 5.01 Å². The molecule has 52 heavy (non-hydrogen) atoms. The highest BCUT2D eigenvalue weighted by Gasteiger charge is 2.19. The summed E-state index contributed by atoms with van der Waals surface area (Å²) in [5, 5.41) is 3.47. The van der Waals surface area contributed by atoms with Gasteiger partial charge < -0.3 is 0 Å². The zero-order valence-corrected chi connectivity index (χ0v) is 29.4. The number of hydrogen-bond acceptors (Lipinski definition) is 6. The maximum atomic E-state index is 5.19. The van der Waals surface area contributed by atoms with Gasteiger partial charge in [0.25, 0.3) is 0 Å². The first kappa shape index (κ1) is 30.5. The summed E-state index contributed by atoms with van der Waals surface area (Å²) in [5.41, 5.74) is 9.48. The Labute approximate surface area is 308 Å². The number of benzene rings is 7. The summed E-state index contributed by atoms with van der Waals surface area (Å²) in [6.07, 6.45) is 0. The number of fused-ring (bicyclic) bond motifs is 4. The lowest BCUT2D eigenvalue weighted by atomic mass is 9.95. The first-order chi connectivity index (χ1) is 25.7. The minimum atomic E-state index is 0.635. The van der Waals surface area contributed by atoms with Gasteiger partial charge in [0.15, 0.2) is 17.5 Å². The molecule has 244 valence electrons. The number of thiazole rings is 1. The van der Waals surface area contributed by atoms with E-state index in [0.29, 0.717) is 17.5 Å². The van der Waals surface area contributed by atoms with Crippen LogP contribution in [0.5, 0.6) is 0 Å². The Morgan fingerprint density at radius 2 is 0.904 bits per heavy atom. The van der Waals surface area contributed by atoms with Crippen LogP contribution in [0.15, 0.2) is 170 Å². The zero-order chi connectivity index (χ0) is 34.4. The summed E-state index contributed by atoms with van der Waals surface area (Å²) in [6.45, 7) is 0. The molecule has 0 aliphatic heterocycles. The van der Waals surface area contributed by atoms with Gasteiger partial charge in [-0.1, -0.05) is 146 Å². The van der Waals surface area contributed by atoms with E-state index >= 15 is 0 Å². The van der Waals surface area contributed by atoms with Crippen LogP contribution in [-0.4, -0.2) is 19.9 Å². The summed E-state index contributed by atoms with van der Waals surface area (Å²) in [4.78, 5) is 20.5. The molecule has 3 aromatic heterocycles. The molecule has 0 fully saturated rings. The fourth-order valence-corrected chi connectivity index (χ4v) is 9.12. The third-order valence-electron chi connectivity index (χ3n) is 9.38. The minimum Gasteiger partial charge on any atom is -0.236 e. The average Bonchev–Trinajstić information content (AvgIpc) is 3.81. The molecule has 0 aliphatic carbocycles. The van der Waals surface area contributed by atoms with Crippen LogP contribution in [0, 0.1) is 0 Å². The lowest BCUT2D eigenvalue weighted by Crippen LogP contribution is -2.01. The average molecular weight is 701 g/mol. The maximum Gasteiger partial charge on any atom is 0.164 e. The predicted molar refractivity (Wildman–Crippen MR) is 219 cm³/mol. The topological polar surface area (TPSA) is 51.6 Å². The molecule has 0 aliphatic rings. The van der Waals surface area contributed by atoms with Crippen molar-refractivity contribution in [1.82, 2.24) is 19.9 Å². The van der Waals surface area contributed by atoms with Crippen molar-refractivity contribution in [3.63, 3.8) is 0 Å². The molecule has 0 unspecified atom stereocenters. The number of rotatable bonds is 6. The van der Waals surface area contributed by atoms with E-state index in [9.17, 15) is 0 Å².